The predicted octanol–water partition coefficient (Wildman–Crippen LogP) is 3.24. The average Bonchev–Trinajstić information content (AvgIpc) is 2.73. The van der Waals surface area contributed by atoms with Crippen molar-refractivity contribution in [2.24, 2.45) is 0 Å². The molecule has 0 radical (unpaired) electrons. The van der Waals surface area contributed by atoms with Crippen molar-refractivity contribution in [2.45, 2.75) is 37.0 Å². The van der Waals surface area contributed by atoms with E-state index in [2.05, 4.69) is 0 Å². The predicted molar refractivity (Wildman–Crippen MR) is 102 cm³/mol. The van der Waals surface area contributed by atoms with E-state index < -0.39 is 43.6 Å². The maximum Gasteiger partial charge on any atom is 0.186 e. The Hall–Kier alpha value is -1.22. The molecule has 0 spiro atoms. The fraction of sp³-hybridized carbons (Fsp3) is 0.400. The summed E-state index contributed by atoms with van der Waals surface area (Å²) in [4.78, 5) is 0. The lowest BCUT2D eigenvalue weighted by Gasteiger charge is -2.47. The third-order valence-electron chi connectivity index (χ3n) is 4.85. The Morgan fingerprint density at radius 1 is 0.893 bits per heavy atom. The Bertz CT molecular complexity index is 817. The van der Waals surface area contributed by atoms with Crippen molar-refractivity contribution < 1.29 is 29.2 Å². The monoisotopic (exact) mass is 426 g/mol. The Morgan fingerprint density at radius 2 is 1.50 bits per heavy atom. The van der Waals surface area contributed by atoms with E-state index in [1.807, 2.05) is 24.3 Å². The molecule has 0 aromatic heterocycles. The number of rotatable bonds is 4. The molecule has 28 heavy (non-hydrogen) atoms. The lowest BCUT2D eigenvalue weighted by Crippen LogP contribution is -2.58. The highest BCUT2D eigenvalue weighted by molar-refractivity contribution is 6.31. The van der Waals surface area contributed by atoms with Crippen molar-refractivity contribution >= 4 is 23.2 Å². The highest BCUT2D eigenvalue weighted by atomic mass is 35.5. The normalized spacial score (nSPS) is 31.2. The van der Waals surface area contributed by atoms with E-state index in [9.17, 15) is 10.2 Å². The summed E-state index contributed by atoms with van der Waals surface area (Å²) in [7, 11) is 0. The van der Waals surface area contributed by atoms with Gasteiger partial charge in [0.25, 0.3) is 0 Å². The highest BCUT2D eigenvalue weighted by Crippen LogP contribution is 2.41. The van der Waals surface area contributed by atoms with E-state index in [0.717, 1.165) is 0 Å². The smallest absolute Gasteiger partial charge is 0.186 e. The molecule has 4 rings (SSSR count). The zero-order valence-corrected chi connectivity index (χ0v) is 16.3. The number of hydrogen-bond donors (Lipinski definition) is 2. The summed E-state index contributed by atoms with van der Waals surface area (Å²) in [6, 6.07) is 14.3. The van der Waals surface area contributed by atoms with Crippen LogP contribution < -0.4 is 0 Å². The van der Waals surface area contributed by atoms with Gasteiger partial charge in [-0.3, -0.25) is 0 Å². The van der Waals surface area contributed by atoms with Gasteiger partial charge in [-0.2, -0.15) is 0 Å². The first-order valence-electron chi connectivity index (χ1n) is 8.94. The third-order valence-corrected chi connectivity index (χ3v) is 5.53. The molecule has 0 saturated carbocycles. The van der Waals surface area contributed by atoms with E-state index in [0.29, 0.717) is 21.2 Å². The topological polar surface area (TPSA) is 77.4 Å². The van der Waals surface area contributed by atoms with Gasteiger partial charge in [0.1, 0.15) is 24.4 Å². The molecule has 0 amide bonds. The molecule has 150 valence electrons. The van der Waals surface area contributed by atoms with Crippen molar-refractivity contribution in [3.63, 3.8) is 0 Å². The van der Waals surface area contributed by atoms with E-state index in [-0.39, 0.29) is 6.61 Å². The lowest BCUT2D eigenvalue weighted by molar-refractivity contribution is -0.373. The largest absolute Gasteiger partial charge is 0.394 e. The molecule has 0 aliphatic carbocycles. The van der Waals surface area contributed by atoms with Crippen LogP contribution in [0.25, 0.3) is 0 Å². The first-order chi connectivity index (χ1) is 13.6. The van der Waals surface area contributed by atoms with Crippen LogP contribution in [0.2, 0.25) is 10.0 Å². The molecule has 0 bridgehead atoms. The van der Waals surface area contributed by atoms with Crippen molar-refractivity contribution in [2.75, 3.05) is 13.2 Å². The molecule has 6 atom stereocenters. The minimum absolute atomic E-state index is 0.208. The summed E-state index contributed by atoms with van der Waals surface area (Å²) in [6.45, 7) is -0.274. The summed E-state index contributed by atoms with van der Waals surface area (Å²) in [6.07, 6.45) is -4.71. The second-order valence-corrected chi connectivity index (χ2v) is 7.48. The first kappa shape index (κ1) is 20.1. The van der Waals surface area contributed by atoms with Crippen molar-refractivity contribution in [1.82, 2.24) is 0 Å². The number of ether oxygens (including phenoxy) is 4. The van der Waals surface area contributed by atoms with E-state index in [4.69, 9.17) is 42.1 Å². The quantitative estimate of drug-likeness (QED) is 0.781. The molecule has 6 nitrogen and oxygen atoms in total. The van der Waals surface area contributed by atoms with E-state index in [1.54, 1.807) is 24.3 Å². The van der Waals surface area contributed by atoms with Crippen LogP contribution in [0.4, 0.5) is 0 Å². The molecule has 2 saturated heterocycles. The summed E-state index contributed by atoms with van der Waals surface area (Å²) in [5.41, 5.74) is 1.30. The molecule has 2 N–H and O–H groups in total. The summed E-state index contributed by atoms with van der Waals surface area (Å²) in [5, 5.41) is 20.9. The van der Waals surface area contributed by atoms with Crippen LogP contribution in [0.1, 0.15) is 23.7 Å². The molecule has 2 aromatic rings. The Morgan fingerprint density at radius 3 is 2.11 bits per heavy atom. The van der Waals surface area contributed by atoms with Crippen LogP contribution in [0.15, 0.2) is 48.5 Å². The number of fused-ring (bicyclic) bond motifs is 1. The SMILES string of the molecule is OC[C@H](O)[C@@H]1OC(c2ccccc2Cl)O[C@@H]2COC(c3ccccc3Cl)O[C@H]12. The number of hydrogen-bond acceptors (Lipinski definition) is 6. The molecular weight excluding hydrogens is 407 g/mol. The minimum atomic E-state index is -1.16. The van der Waals surface area contributed by atoms with Gasteiger partial charge in [-0.25, -0.2) is 0 Å². The van der Waals surface area contributed by atoms with Crippen molar-refractivity contribution in [3.8, 4) is 0 Å². The van der Waals surface area contributed by atoms with Crippen LogP contribution in [-0.4, -0.2) is 47.8 Å². The van der Waals surface area contributed by atoms with Crippen molar-refractivity contribution in [3.05, 3.63) is 69.7 Å². The van der Waals surface area contributed by atoms with Gasteiger partial charge < -0.3 is 29.2 Å². The van der Waals surface area contributed by atoms with Gasteiger partial charge in [0.15, 0.2) is 12.6 Å². The van der Waals surface area contributed by atoms with Crippen LogP contribution in [0.5, 0.6) is 0 Å². The second kappa shape index (κ2) is 8.65. The van der Waals surface area contributed by atoms with Gasteiger partial charge in [-0.15, -0.1) is 0 Å². The van der Waals surface area contributed by atoms with Gasteiger partial charge in [0.2, 0.25) is 0 Å². The first-order valence-corrected chi connectivity index (χ1v) is 9.70. The highest BCUT2D eigenvalue weighted by Gasteiger charge is 2.48. The Kier molecular flexibility index (Phi) is 6.20. The molecule has 2 aromatic carbocycles. The summed E-state index contributed by atoms with van der Waals surface area (Å²) >= 11 is 12.5. The number of halogens is 2. The van der Waals surface area contributed by atoms with E-state index >= 15 is 0 Å². The molecule has 2 aliphatic rings. The average molecular weight is 427 g/mol. The molecule has 2 unspecified atom stereocenters. The Labute approximate surface area is 172 Å². The zero-order valence-electron chi connectivity index (χ0n) is 14.8. The standard InChI is InChI=1S/C20H20Cl2O6/c21-13-7-3-1-5-11(13)19-25-10-16-18(28-19)17(15(24)9-23)27-20(26-16)12-6-2-4-8-14(12)22/h1-8,15-20,23-24H,9-10H2/t15-,16+,17-,18-,19?,20?/m0/s1. The summed E-state index contributed by atoms with van der Waals surface area (Å²) in [5.74, 6) is 0. The fourth-order valence-corrected chi connectivity index (χ4v) is 3.87. The molecular formula is C20H20Cl2O6. The second-order valence-electron chi connectivity index (χ2n) is 6.67. The third kappa shape index (κ3) is 3.92. The van der Waals surface area contributed by atoms with Crippen LogP contribution >= 0.6 is 23.2 Å². The van der Waals surface area contributed by atoms with Gasteiger partial charge in [-0.05, 0) is 12.1 Å². The number of benzene rings is 2. The number of aliphatic hydroxyl groups excluding tert-OH is 2. The molecule has 2 aliphatic heterocycles. The maximum atomic E-state index is 10.4. The lowest BCUT2D eigenvalue weighted by atomic mass is 9.99. The Balaban J connectivity index is 1.59. The van der Waals surface area contributed by atoms with Crippen LogP contribution in [0.3, 0.4) is 0 Å². The van der Waals surface area contributed by atoms with Crippen LogP contribution in [-0.2, 0) is 18.9 Å². The molecule has 8 heteroatoms. The van der Waals surface area contributed by atoms with Gasteiger partial charge in [0.05, 0.1) is 13.2 Å². The molecule has 2 heterocycles. The fourth-order valence-electron chi connectivity index (χ4n) is 3.42. The van der Waals surface area contributed by atoms with Gasteiger partial charge in [0, 0.05) is 21.2 Å². The molecule has 2 fully saturated rings. The minimum Gasteiger partial charge on any atom is -0.394 e. The zero-order chi connectivity index (χ0) is 19.7. The van der Waals surface area contributed by atoms with Crippen molar-refractivity contribution in [1.29, 1.82) is 0 Å². The van der Waals surface area contributed by atoms with Crippen LogP contribution in [0, 0.1) is 0 Å². The summed E-state index contributed by atoms with van der Waals surface area (Å²) < 4.78 is 23.8. The van der Waals surface area contributed by atoms with Gasteiger partial charge in [-0.1, -0.05) is 59.6 Å². The van der Waals surface area contributed by atoms with E-state index in [1.165, 1.54) is 0 Å². The maximum absolute atomic E-state index is 10.4. The number of aliphatic hydroxyl groups is 2. The van der Waals surface area contributed by atoms with Gasteiger partial charge >= 0.3 is 0 Å².